The summed E-state index contributed by atoms with van der Waals surface area (Å²) in [7, 11) is 0. The van der Waals surface area contributed by atoms with E-state index in [1.807, 2.05) is 0 Å². The van der Waals surface area contributed by atoms with Crippen LogP contribution >= 0.6 is 0 Å². The molecular weight excluding hydrogens is 339 g/mol. The van der Waals surface area contributed by atoms with Crippen molar-refractivity contribution in [3.8, 4) is 0 Å². The van der Waals surface area contributed by atoms with Crippen molar-refractivity contribution >= 4 is 17.8 Å². The quantitative estimate of drug-likeness (QED) is 0.780. The predicted molar refractivity (Wildman–Crippen MR) is 78.5 cm³/mol. The number of amides is 2. The zero-order valence-corrected chi connectivity index (χ0v) is 12.8. The number of benzene rings is 2. The average molecular weight is 349 g/mol. The first kappa shape index (κ1) is 16.7. The molecular formula is C17H10F3NO4. The fraction of sp³-hybridized carbons (Fsp3) is 0.118. The third-order valence-electron chi connectivity index (χ3n) is 3.71. The summed E-state index contributed by atoms with van der Waals surface area (Å²) in [6, 6.07) is 8.70. The Kier molecular flexibility index (Phi) is 3.82. The molecule has 0 saturated carbocycles. The van der Waals surface area contributed by atoms with Crippen molar-refractivity contribution in [2.75, 3.05) is 0 Å². The molecule has 2 amide bonds. The molecule has 1 heterocycles. The molecule has 2 aromatic rings. The molecule has 5 nitrogen and oxygen atoms in total. The lowest BCUT2D eigenvalue weighted by atomic mass is 10.0. The highest BCUT2D eigenvalue weighted by molar-refractivity contribution is 6.21. The Morgan fingerprint density at radius 2 is 1.56 bits per heavy atom. The van der Waals surface area contributed by atoms with Crippen molar-refractivity contribution in [3.63, 3.8) is 0 Å². The second kappa shape index (κ2) is 5.73. The molecule has 128 valence electrons. The molecule has 8 heteroatoms. The van der Waals surface area contributed by atoms with Crippen molar-refractivity contribution in [3.05, 3.63) is 70.3 Å². The number of carbonyl (C=O) groups excluding carboxylic acids is 3. The van der Waals surface area contributed by atoms with Crippen LogP contribution in [0.25, 0.3) is 0 Å². The van der Waals surface area contributed by atoms with Gasteiger partial charge < -0.3 is 4.84 Å². The van der Waals surface area contributed by atoms with Crippen LogP contribution in [0.15, 0.2) is 42.5 Å². The van der Waals surface area contributed by atoms with Crippen LogP contribution < -0.4 is 0 Å². The van der Waals surface area contributed by atoms with E-state index in [4.69, 9.17) is 4.84 Å². The van der Waals surface area contributed by atoms with Crippen LogP contribution in [0.4, 0.5) is 13.2 Å². The highest BCUT2D eigenvalue weighted by Crippen LogP contribution is 2.32. The molecule has 0 spiro atoms. The molecule has 0 bridgehead atoms. The number of aryl methyl sites for hydroxylation is 1. The zero-order chi connectivity index (χ0) is 18.4. The third kappa shape index (κ3) is 2.86. The Balaban J connectivity index is 1.87. The van der Waals surface area contributed by atoms with Gasteiger partial charge in [0, 0.05) is 0 Å². The Hall–Kier alpha value is -3.16. The van der Waals surface area contributed by atoms with E-state index < -0.39 is 35.1 Å². The van der Waals surface area contributed by atoms with Crippen LogP contribution in [-0.4, -0.2) is 22.8 Å². The summed E-state index contributed by atoms with van der Waals surface area (Å²) in [5, 5.41) is 0.250. The van der Waals surface area contributed by atoms with E-state index >= 15 is 0 Å². The smallest absolute Gasteiger partial charge is 0.324 e. The third-order valence-corrected chi connectivity index (χ3v) is 3.71. The molecule has 0 N–H and O–H groups in total. The van der Waals surface area contributed by atoms with Gasteiger partial charge in [0.2, 0.25) is 0 Å². The molecule has 0 aromatic heterocycles. The molecule has 1 aliphatic heterocycles. The monoisotopic (exact) mass is 349 g/mol. The Morgan fingerprint density at radius 1 is 1.00 bits per heavy atom. The van der Waals surface area contributed by atoms with Gasteiger partial charge in [-0.05, 0) is 36.8 Å². The largest absolute Gasteiger partial charge is 0.416 e. The Morgan fingerprint density at radius 3 is 2.08 bits per heavy atom. The fourth-order valence-corrected chi connectivity index (χ4v) is 2.44. The fourth-order valence-electron chi connectivity index (χ4n) is 2.44. The molecule has 1 aliphatic rings. The molecule has 0 atom stereocenters. The van der Waals surface area contributed by atoms with Gasteiger partial charge >= 0.3 is 12.1 Å². The summed E-state index contributed by atoms with van der Waals surface area (Å²) in [5.74, 6) is -2.94. The average Bonchev–Trinajstić information content (AvgIpc) is 2.79. The summed E-state index contributed by atoms with van der Waals surface area (Å²) in [6.45, 7) is 1.25. The maximum absolute atomic E-state index is 12.9. The summed E-state index contributed by atoms with van der Waals surface area (Å²) >= 11 is 0. The number of nitrogens with zero attached hydrogens (tertiary/aromatic N) is 1. The number of carbonyl (C=O) groups is 3. The van der Waals surface area contributed by atoms with E-state index in [1.54, 1.807) is 0 Å². The maximum Gasteiger partial charge on any atom is 0.416 e. The molecule has 2 aromatic carbocycles. The second-order valence-electron chi connectivity index (χ2n) is 5.36. The van der Waals surface area contributed by atoms with Gasteiger partial charge in [-0.1, -0.05) is 23.3 Å². The Bertz CT molecular complexity index is 870. The lowest BCUT2D eigenvalue weighted by Crippen LogP contribution is -2.32. The minimum Gasteiger partial charge on any atom is -0.324 e. The van der Waals surface area contributed by atoms with Crippen LogP contribution in [0.1, 0.15) is 42.2 Å². The van der Waals surface area contributed by atoms with Gasteiger partial charge in [-0.3, -0.25) is 9.59 Å². The molecule has 0 fully saturated rings. The first-order valence-corrected chi connectivity index (χ1v) is 7.08. The molecule has 0 saturated heterocycles. The highest BCUT2D eigenvalue weighted by Gasteiger charge is 2.39. The van der Waals surface area contributed by atoms with Crippen LogP contribution in [0, 0.1) is 6.92 Å². The van der Waals surface area contributed by atoms with Crippen molar-refractivity contribution in [2.45, 2.75) is 13.1 Å². The van der Waals surface area contributed by atoms with E-state index in [2.05, 4.69) is 0 Å². The Labute approximate surface area is 139 Å². The topological polar surface area (TPSA) is 63.7 Å². The normalized spacial score (nSPS) is 13.8. The number of hydrogen-bond acceptors (Lipinski definition) is 4. The summed E-state index contributed by atoms with van der Waals surface area (Å²) < 4.78 is 38.8. The molecule has 3 rings (SSSR count). The minimum atomic E-state index is -4.64. The summed E-state index contributed by atoms with van der Waals surface area (Å²) in [6.07, 6.45) is -4.64. The van der Waals surface area contributed by atoms with Gasteiger partial charge in [0.05, 0.1) is 22.3 Å². The zero-order valence-electron chi connectivity index (χ0n) is 12.8. The van der Waals surface area contributed by atoms with Crippen LogP contribution in [-0.2, 0) is 11.0 Å². The van der Waals surface area contributed by atoms with E-state index in [-0.39, 0.29) is 21.8 Å². The van der Waals surface area contributed by atoms with Crippen LogP contribution in [0.3, 0.4) is 0 Å². The standard InChI is InChI=1S/C17H10F3NO4/c1-9-6-7-10(8-13(9)17(18,19)20)16(24)25-21-14(22)11-4-2-3-5-12(11)15(21)23/h2-8H,1H3. The lowest BCUT2D eigenvalue weighted by Gasteiger charge is -2.14. The second-order valence-corrected chi connectivity index (χ2v) is 5.36. The van der Waals surface area contributed by atoms with Gasteiger partial charge in [0.15, 0.2) is 0 Å². The number of rotatable bonds is 2. The van der Waals surface area contributed by atoms with Gasteiger partial charge in [-0.25, -0.2) is 4.79 Å². The lowest BCUT2D eigenvalue weighted by molar-refractivity contribution is -0.138. The van der Waals surface area contributed by atoms with Crippen LogP contribution in [0.2, 0.25) is 0 Å². The maximum atomic E-state index is 12.9. The molecule has 25 heavy (non-hydrogen) atoms. The van der Waals surface area contributed by atoms with Gasteiger partial charge in [0.25, 0.3) is 11.8 Å². The number of alkyl halides is 3. The van der Waals surface area contributed by atoms with Gasteiger partial charge in [0.1, 0.15) is 0 Å². The van der Waals surface area contributed by atoms with Gasteiger partial charge in [-0.15, -0.1) is 0 Å². The van der Waals surface area contributed by atoms with Crippen molar-refractivity contribution in [1.82, 2.24) is 5.06 Å². The summed E-state index contributed by atoms with van der Waals surface area (Å²) in [4.78, 5) is 41.0. The van der Waals surface area contributed by atoms with E-state index in [0.29, 0.717) is 6.07 Å². The number of fused-ring (bicyclic) bond motifs is 1. The minimum absolute atomic E-state index is 0.0557. The van der Waals surface area contributed by atoms with Crippen LogP contribution in [0.5, 0.6) is 0 Å². The highest BCUT2D eigenvalue weighted by atomic mass is 19.4. The van der Waals surface area contributed by atoms with E-state index in [0.717, 1.165) is 12.1 Å². The van der Waals surface area contributed by atoms with Crippen molar-refractivity contribution in [1.29, 1.82) is 0 Å². The summed E-state index contributed by atoms with van der Waals surface area (Å²) in [5.41, 5.74) is -1.37. The number of hydrogen-bond donors (Lipinski definition) is 0. The number of halogens is 3. The SMILES string of the molecule is Cc1ccc(C(=O)ON2C(=O)c3ccccc3C2=O)cc1C(F)(F)F. The van der Waals surface area contributed by atoms with Crippen molar-refractivity contribution < 1.29 is 32.4 Å². The number of hydroxylamine groups is 2. The first-order chi connectivity index (χ1) is 11.7. The van der Waals surface area contributed by atoms with Crippen molar-refractivity contribution in [2.24, 2.45) is 0 Å². The molecule has 0 unspecified atom stereocenters. The molecule has 0 aliphatic carbocycles. The first-order valence-electron chi connectivity index (χ1n) is 7.08. The predicted octanol–water partition coefficient (Wildman–Crippen LogP) is 3.38. The van der Waals surface area contributed by atoms with E-state index in [9.17, 15) is 27.6 Å². The number of imide groups is 1. The molecule has 0 radical (unpaired) electrons. The van der Waals surface area contributed by atoms with E-state index in [1.165, 1.54) is 31.2 Å². The van der Waals surface area contributed by atoms with Gasteiger partial charge in [-0.2, -0.15) is 13.2 Å².